The van der Waals surface area contributed by atoms with Gasteiger partial charge in [0.25, 0.3) is 0 Å². The van der Waals surface area contributed by atoms with Crippen LogP contribution in [-0.2, 0) is 0 Å². The van der Waals surface area contributed by atoms with E-state index in [2.05, 4.69) is 4.99 Å². The highest BCUT2D eigenvalue weighted by Crippen LogP contribution is 2.32. The monoisotopic (exact) mass is 289 g/mol. The molecule has 0 saturated heterocycles. The molecule has 0 bridgehead atoms. The van der Waals surface area contributed by atoms with Gasteiger partial charge in [-0.05, 0) is 29.5 Å². The van der Waals surface area contributed by atoms with Crippen molar-refractivity contribution in [2.45, 2.75) is 13.1 Å². The summed E-state index contributed by atoms with van der Waals surface area (Å²) in [5, 5.41) is 0. The van der Waals surface area contributed by atoms with Gasteiger partial charge in [-0.3, -0.25) is 4.99 Å². The summed E-state index contributed by atoms with van der Waals surface area (Å²) < 4.78 is 37.0. The Morgan fingerprint density at radius 3 is 2.58 bits per heavy atom. The number of hydrogen-bond donors (Lipinski definition) is 0. The van der Waals surface area contributed by atoms with Gasteiger partial charge >= 0.3 is 6.18 Å². The number of dihydropyridines is 1. The maximum Gasteiger partial charge on any atom is 0.396 e. The molecule has 1 heterocycles. The standard InChI is InChI=1S/C7H7F3IN/c1-4-6(11)2-5(3-12-4)7(8,9)10/h2,5H,3H2,1H3/t5-/m1/s1. The molecule has 68 valence electrons. The summed E-state index contributed by atoms with van der Waals surface area (Å²) in [5.74, 6) is -1.40. The van der Waals surface area contributed by atoms with E-state index in [0.717, 1.165) is 0 Å². The van der Waals surface area contributed by atoms with Gasteiger partial charge in [-0.2, -0.15) is 13.2 Å². The fraction of sp³-hybridized carbons (Fsp3) is 0.571. The zero-order valence-corrected chi connectivity index (χ0v) is 8.48. The number of aliphatic imine (C=N–C) groups is 1. The van der Waals surface area contributed by atoms with Crippen LogP contribution in [0.25, 0.3) is 0 Å². The summed E-state index contributed by atoms with van der Waals surface area (Å²) in [6, 6.07) is 0. The highest BCUT2D eigenvalue weighted by atomic mass is 127. The van der Waals surface area contributed by atoms with Crippen LogP contribution in [0.3, 0.4) is 0 Å². The van der Waals surface area contributed by atoms with Gasteiger partial charge in [0.1, 0.15) is 0 Å². The minimum atomic E-state index is -4.15. The average molecular weight is 289 g/mol. The Hall–Kier alpha value is -0.0700. The summed E-state index contributed by atoms with van der Waals surface area (Å²) in [7, 11) is 0. The van der Waals surface area contributed by atoms with Crippen LogP contribution in [0, 0.1) is 5.92 Å². The van der Waals surface area contributed by atoms with E-state index in [1.165, 1.54) is 6.08 Å². The van der Waals surface area contributed by atoms with E-state index in [-0.39, 0.29) is 6.54 Å². The van der Waals surface area contributed by atoms with Crippen LogP contribution in [0.4, 0.5) is 13.2 Å². The van der Waals surface area contributed by atoms with Crippen molar-refractivity contribution in [3.05, 3.63) is 9.66 Å². The zero-order chi connectivity index (χ0) is 9.35. The molecule has 0 saturated carbocycles. The van der Waals surface area contributed by atoms with Crippen LogP contribution in [0.2, 0.25) is 0 Å². The second-order valence-electron chi connectivity index (χ2n) is 2.59. The van der Waals surface area contributed by atoms with E-state index >= 15 is 0 Å². The van der Waals surface area contributed by atoms with Gasteiger partial charge in [0.15, 0.2) is 0 Å². The Morgan fingerprint density at radius 1 is 1.58 bits per heavy atom. The summed E-state index contributed by atoms with van der Waals surface area (Å²) in [6.07, 6.45) is -2.93. The zero-order valence-electron chi connectivity index (χ0n) is 6.32. The van der Waals surface area contributed by atoms with E-state index in [4.69, 9.17) is 0 Å². The fourth-order valence-corrected chi connectivity index (χ4v) is 1.46. The third kappa shape index (κ3) is 2.21. The number of allylic oxidation sites excluding steroid dienone is 1. The van der Waals surface area contributed by atoms with E-state index in [1.807, 2.05) is 22.6 Å². The van der Waals surface area contributed by atoms with Gasteiger partial charge in [-0.1, -0.05) is 6.08 Å². The van der Waals surface area contributed by atoms with E-state index in [1.54, 1.807) is 6.92 Å². The third-order valence-electron chi connectivity index (χ3n) is 1.64. The Morgan fingerprint density at radius 2 is 2.17 bits per heavy atom. The average Bonchev–Trinajstić information content (AvgIpc) is 1.92. The van der Waals surface area contributed by atoms with E-state index < -0.39 is 12.1 Å². The molecule has 0 radical (unpaired) electrons. The van der Waals surface area contributed by atoms with Crippen molar-refractivity contribution in [1.82, 2.24) is 0 Å². The lowest BCUT2D eigenvalue weighted by atomic mass is 10.1. The van der Waals surface area contributed by atoms with E-state index in [0.29, 0.717) is 9.29 Å². The van der Waals surface area contributed by atoms with Crippen LogP contribution in [0.1, 0.15) is 6.92 Å². The van der Waals surface area contributed by atoms with Crippen molar-refractivity contribution in [3.8, 4) is 0 Å². The van der Waals surface area contributed by atoms with Gasteiger partial charge in [0.2, 0.25) is 0 Å². The van der Waals surface area contributed by atoms with Crippen LogP contribution in [0.15, 0.2) is 14.6 Å². The minimum absolute atomic E-state index is 0.165. The van der Waals surface area contributed by atoms with Crippen molar-refractivity contribution in [2.75, 3.05) is 6.54 Å². The number of nitrogens with zero attached hydrogens (tertiary/aromatic N) is 1. The molecule has 1 rings (SSSR count). The van der Waals surface area contributed by atoms with Crippen LogP contribution in [0.5, 0.6) is 0 Å². The third-order valence-corrected chi connectivity index (χ3v) is 2.78. The lowest BCUT2D eigenvalue weighted by molar-refractivity contribution is -0.158. The molecule has 5 heteroatoms. The van der Waals surface area contributed by atoms with Crippen molar-refractivity contribution in [3.63, 3.8) is 0 Å². The first-order valence-electron chi connectivity index (χ1n) is 3.36. The molecule has 0 spiro atoms. The SMILES string of the molecule is CC1=NC[C@H](C(F)(F)F)C=C1I. The summed E-state index contributed by atoms with van der Waals surface area (Å²) >= 11 is 1.87. The molecule has 0 aliphatic carbocycles. The molecule has 1 aliphatic rings. The first kappa shape index (κ1) is 10.0. The summed E-state index contributed by atoms with van der Waals surface area (Å²) in [5.41, 5.74) is 0.691. The summed E-state index contributed by atoms with van der Waals surface area (Å²) in [4.78, 5) is 3.78. The second-order valence-corrected chi connectivity index (χ2v) is 3.75. The number of alkyl halides is 3. The lowest BCUT2D eigenvalue weighted by Crippen LogP contribution is -2.26. The Balaban J connectivity index is 2.79. The molecule has 1 atom stereocenters. The Kier molecular flexibility index (Phi) is 2.80. The largest absolute Gasteiger partial charge is 0.396 e. The quantitative estimate of drug-likeness (QED) is 0.608. The van der Waals surface area contributed by atoms with Crippen LogP contribution < -0.4 is 0 Å². The normalized spacial score (nSPS) is 24.9. The molecule has 0 unspecified atom stereocenters. The maximum absolute atomic E-state index is 12.1. The topological polar surface area (TPSA) is 12.4 Å². The van der Waals surface area contributed by atoms with Gasteiger partial charge in [0.05, 0.1) is 12.5 Å². The Labute approximate surface area is 81.9 Å². The lowest BCUT2D eigenvalue weighted by Gasteiger charge is -2.19. The molecule has 12 heavy (non-hydrogen) atoms. The highest BCUT2D eigenvalue weighted by molar-refractivity contribution is 14.1. The molecular weight excluding hydrogens is 282 g/mol. The molecule has 1 aliphatic heterocycles. The molecule has 0 aromatic heterocycles. The van der Waals surface area contributed by atoms with Gasteiger partial charge < -0.3 is 0 Å². The molecule has 0 amide bonds. The molecule has 0 aromatic rings. The van der Waals surface area contributed by atoms with Crippen molar-refractivity contribution < 1.29 is 13.2 Å². The summed E-state index contributed by atoms with van der Waals surface area (Å²) in [6.45, 7) is 1.55. The molecule has 0 fully saturated rings. The predicted molar refractivity (Wildman–Crippen MR) is 49.6 cm³/mol. The van der Waals surface area contributed by atoms with Gasteiger partial charge in [-0.15, -0.1) is 0 Å². The number of rotatable bonds is 0. The molecule has 0 aromatic carbocycles. The first-order chi connectivity index (χ1) is 5.41. The maximum atomic E-state index is 12.1. The molecule has 0 N–H and O–H groups in total. The molecule has 1 nitrogen and oxygen atoms in total. The van der Waals surface area contributed by atoms with Crippen LogP contribution in [-0.4, -0.2) is 18.4 Å². The smallest absolute Gasteiger partial charge is 0.288 e. The van der Waals surface area contributed by atoms with Crippen molar-refractivity contribution in [2.24, 2.45) is 10.9 Å². The predicted octanol–water partition coefficient (Wildman–Crippen LogP) is 2.96. The Bertz CT molecular complexity index is 242. The number of halogens is 4. The first-order valence-corrected chi connectivity index (χ1v) is 4.44. The minimum Gasteiger partial charge on any atom is -0.288 e. The van der Waals surface area contributed by atoms with Crippen molar-refractivity contribution in [1.29, 1.82) is 0 Å². The van der Waals surface area contributed by atoms with E-state index in [9.17, 15) is 13.2 Å². The highest BCUT2D eigenvalue weighted by Gasteiger charge is 2.39. The van der Waals surface area contributed by atoms with Gasteiger partial charge in [0, 0.05) is 9.29 Å². The van der Waals surface area contributed by atoms with Gasteiger partial charge in [-0.25, -0.2) is 0 Å². The van der Waals surface area contributed by atoms with Crippen LogP contribution >= 0.6 is 22.6 Å². The second kappa shape index (κ2) is 3.35. The number of hydrogen-bond acceptors (Lipinski definition) is 1. The van der Waals surface area contributed by atoms with Crippen molar-refractivity contribution >= 4 is 28.3 Å². The molecular formula is C7H7F3IN. The fourth-order valence-electron chi connectivity index (χ4n) is 0.859.